The maximum absolute atomic E-state index is 13.0. The van der Waals surface area contributed by atoms with Crippen molar-refractivity contribution >= 4 is 33.1 Å². The van der Waals surface area contributed by atoms with E-state index < -0.39 is 5.41 Å². The maximum Gasteiger partial charge on any atom is 0.231 e. The summed E-state index contributed by atoms with van der Waals surface area (Å²) in [6, 6.07) is 11.8. The highest BCUT2D eigenvalue weighted by molar-refractivity contribution is 7.18. The van der Waals surface area contributed by atoms with Crippen LogP contribution < -0.4 is 5.32 Å². The van der Waals surface area contributed by atoms with Crippen molar-refractivity contribution < 1.29 is 4.79 Å². The fraction of sp³-hybridized carbons (Fsp3) is 0.316. The number of thiazole rings is 1. The van der Waals surface area contributed by atoms with Crippen molar-refractivity contribution in [2.45, 2.75) is 33.1 Å². The number of fused-ring (bicyclic) bond motifs is 1. The molecule has 0 aliphatic heterocycles. The topological polar surface area (TPSA) is 54.9 Å². The van der Waals surface area contributed by atoms with E-state index in [-0.39, 0.29) is 5.91 Å². The van der Waals surface area contributed by atoms with Crippen molar-refractivity contribution in [2.75, 3.05) is 5.32 Å². The zero-order valence-electron chi connectivity index (χ0n) is 14.0. The molecule has 0 atom stereocenters. The van der Waals surface area contributed by atoms with Gasteiger partial charge in [0.05, 0.1) is 32.5 Å². The van der Waals surface area contributed by atoms with Gasteiger partial charge in [-0.15, -0.1) is 11.3 Å². The summed E-state index contributed by atoms with van der Waals surface area (Å²) in [4.78, 5) is 21.7. The molecule has 0 spiro atoms. The fourth-order valence-corrected chi connectivity index (χ4v) is 4.00. The van der Waals surface area contributed by atoms with E-state index in [1.165, 1.54) is 4.70 Å². The Bertz CT molecular complexity index is 792. The normalized spacial score (nSPS) is 11.6. The highest BCUT2D eigenvalue weighted by Gasteiger charge is 2.36. The molecule has 0 fully saturated rings. The van der Waals surface area contributed by atoms with E-state index in [4.69, 9.17) is 4.98 Å². The van der Waals surface area contributed by atoms with Gasteiger partial charge in [-0.2, -0.15) is 0 Å². The summed E-state index contributed by atoms with van der Waals surface area (Å²) in [7, 11) is 0. The number of carbonyl (C=O) groups is 1. The minimum atomic E-state index is -0.455. The predicted octanol–water partition coefficient (Wildman–Crippen LogP) is 4.68. The number of benzene rings is 1. The Hall–Kier alpha value is -2.27. The van der Waals surface area contributed by atoms with Gasteiger partial charge in [-0.05, 0) is 37.1 Å². The van der Waals surface area contributed by atoms with Crippen LogP contribution >= 0.6 is 11.3 Å². The van der Waals surface area contributed by atoms with Crippen LogP contribution in [-0.2, 0) is 11.2 Å². The second kappa shape index (κ2) is 7.09. The molecule has 5 heteroatoms. The Kier molecular flexibility index (Phi) is 4.90. The van der Waals surface area contributed by atoms with Crippen molar-refractivity contribution in [1.29, 1.82) is 0 Å². The lowest BCUT2D eigenvalue weighted by Crippen LogP contribution is -2.37. The molecule has 0 unspecified atom stereocenters. The fourth-order valence-electron chi connectivity index (χ4n) is 2.89. The molecule has 0 bridgehead atoms. The third-order valence-electron chi connectivity index (χ3n) is 4.58. The van der Waals surface area contributed by atoms with Crippen LogP contribution in [0.1, 0.15) is 31.7 Å². The molecular weight excluding hydrogens is 318 g/mol. The van der Waals surface area contributed by atoms with Gasteiger partial charge >= 0.3 is 0 Å². The van der Waals surface area contributed by atoms with Crippen molar-refractivity contribution in [3.63, 3.8) is 0 Å². The van der Waals surface area contributed by atoms with Gasteiger partial charge in [0.15, 0.2) is 0 Å². The molecule has 0 aliphatic rings. The molecule has 1 amide bonds. The molecule has 0 saturated carbocycles. The monoisotopic (exact) mass is 339 g/mol. The number of rotatable bonds is 6. The van der Waals surface area contributed by atoms with Crippen LogP contribution in [0.15, 0.2) is 48.8 Å². The lowest BCUT2D eigenvalue weighted by atomic mass is 9.78. The smallest absolute Gasteiger partial charge is 0.231 e. The van der Waals surface area contributed by atoms with Crippen LogP contribution in [0.4, 0.5) is 5.69 Å². The second-order valence-corrected chi connectivity index (χ2v) is 7.05. The Morgan fingerprint density at radius 2 is 1.96 bits per heavy atom. The molecule has 124 valence electrons. The SMILES string of the molecule is CCC(CC)(Cc1nc2ccccc2s1)C(=O)Nc1cccnc1. The van der Waals surface area contributed by atoms with Crippen LogP contribution in [0.2, 0.25) is 0 Å². The number of hydrogen-bond donors (Lipinski definition) is 1. The lowest BCUT2D eigenvalue weighted by molar-refractivity contribution is -0.126. The number of nitrogens with one attached hydrogen (secondary N) is 1. The quantitative estimate of drug-likeness (QED) is 0.709. The zero-order chi connectivity index (χ0) is 17.0. The molecule has 3 aromatic rings. The summed E-state index contributed by atoms with van der Waals surface area (Å²) < 4.78 is 1.17. The van der Waals surface area contributed by atoms with E-state index >= 15 is 0 Å². The van der Waals surface area contributed by atoms with Gasteiger partial charge < -0.3 is 5.32 Å². The third kappa shape index (κ3) is 3.31. The zero-order valence-corrected chi connectivity index (χ0v) is 14.8. The van der Waals surface area contributed by atoms with Crippen LogP contribution in [-0.4, -0.2) is 15.9 Å². The Morgan fingerprint density at radius 3 is 2.62 bits per heavy atom. The summed E-state index contributed by atoms with van der Waals surface area (Å²) in [6.45, 7) is 4.14. The number of aromatic nitrogens is 2. The van der Waals surface area contributed by atoms with Gasteiger partial charge in [-0.25, -0.2) is 4.98 Å². The standard InChI is InChI=1S/C19H21N3OS/c1-3-19(4-2,18(23)21-14-8-7-11-20-13-14)12-17-22-15-9-5-6-10-16(15)24-17/h5-11,13H,3-4,12H2,1-2H3,(H,21,23). The number of nitrogens with zero attached hydrogens (tertiary/aromatic N) is 2. The van der Waals surface area contributed by atoms with Crippen molar-refractivity contribution in [2.24, 2.45) is 5.41 Å². The van der Waals surface area contributed by atoms with Crippen LogP contribution in [0.5, 0.6) is 0 Å². The molecule has 4 nitrogen and oxygen atoms in total. The molecule has 24 heavy (non-hydrogen) atoms. The molecule has 0 aliphatic carbocycles. The molecular formula is C19H21N3OS. The highest BCUT2D eigenvalue weighted by Crippen LogP contribution is 2.35. The molecule has 0 saturated heterocycles. The van der Waals surface area contributed by atoms with Gasteiger partial charge in [-0.3, -0.25) is 9.78 Å². The summed E-state index contributed by atoms with van der Waals surface area (Å²) in [5.41, 5.74) is 1.29. The highest BCUT2D eigenvalue weighted by atomic mass is 32.1. The number of para-hydroxylation sites is 1. The molecule has 1 N–H and O–H groups in total. The average molecular weight is 339 g/mol. The Morgan fingerprint density at radius 1 is 1.17 bits per heavy atom. The molecule has 2 aromatic heterocycles. The minimum Gasteiger partial charge on any atom is -0.324 e. The first-order chi connectivity index (χ1) is 11.7. The van der Waals surface area contributed by atoms with Gasteiger partial charge in [0.2, 0.25) is 5.91 Å². The van der Waals surface area contributed by atoms with Crippen molar-refractivity contribution in [3.8, 4) is 0 Å². The Labute approximate surface area is 146 Å². The molecule has 0 radical (unpaired) electrons. The van der Waals surface area contributed by atoms with Gasteiger partial charge in [-0.1, -0.05) is 26.0 Å². The lowest BCUT2D eigenvalue weighted by Gasteiger charge is -2.29. The number of pyridine rings is 1. The summed E-state index contributed by atoms with van der Waals surface area (Å²) in [5, 5.41) is 4.03. The molecule has 1 aromatic carbocycles. The number of hydrogen-bond acceptors (Lipinski definition) is 4. The predicted molar refractivity (Wildman–Crippen MR) is 99.2 cm³/mol. The average Bonchev–Trinajstić information content (AvgIpc) is 3.02. The Balaban J connectivity index is 1.85. The third-order valence-corrected chi connectivity index (χ3v) is 5.62. The number of anilines is 1. The van der Waals surface area contributed by atoms with Crippen LogP contribution in [0.25, 0.3) is 10.2 Å². The van der Waals surface area contributed by atoms with E-state index in [0.717, 1.165) is 29.1 Å². The first-order valence-electron chi connectivity index (χ1n) is 8.23. The van der Waals surface area contributed by atoms with E-state index in [2.05, 4.69) is 30.2 Å². The van der Waals surface area contributed by atoms with Crippen molar-refractivity contribution in [3.05, 3.63) is 53.8 Å². The summed E-state index contributed by atoms with van der Waals surface area (Å²) >= 11 is 1.68. The first kappa shape index (κ1) is 16.6. The minimum absolute atomic E-state index is 0.0414. The van der Waals surface area contributed by atoms with Gasteiger partial charge in [0, 0.05) is 12.6 Å². The van der Waals surface area contributed by atoms with Gasteiger partial charge in [0.1, 0.15) is 0 Å². The van der Waals surface area contributed by atoms with Crippen LogP contribution in [0, 0.1) is 5.41 Å². The van der Waals surface area contributed by atoms with Crippen LogP contribution in [0.3, 0.4) is 0 Å². The van der Waals surface area contributed by atoms with E-state index in [1.807, 2.05) is 30.3 Å². The second-order valence-electron chi connectivity index (χ2n) is 5.94. The maximum atomic E-state index is 13.0. The van der Waals surface area contributed by atoms with E-state index in [9.17, 15) is 4.79 Å². The molecule has 3 rings (SSSR count). The van der Waals surface area contributed by atoms with E-state index in [1.54, 1.807) is 23.7 Å². The number of amides is 1. The summed E-state index contributed by atoms with van der Waals surface area (Å²) in [6.07, 6.45) is 5.57. The first-order valence-corrected chi connectivity index (χ1v) is 9.04. The van der Waals surface area contributed by atoms with Crippen molar-refractivity contribution in [1.82, 2.24) is 9.97 Å². The summed E-state index contributed by atoms with van der Waals surface area (Å²) in [5.74, 6) is 0.0414. The number of carbonyl (C=O) groups excluding carboxylic acids is 1. The largest absolute Gasteiger partial charge is 0.324 e. The molecule has 2 heterocycles. The van der Waals surface area contributed by atoms with Gasteiger partial charge in [0.25, 0.3) is 0 Å². The van der Waals surface area contributed by atoms with E-state index in [0.29, 0.717) is 6.42 Å².